The number of nitrogens with zero attached hydrogens (tertiary/aromatic N) is 2. The van der Waals surface area contributed by atoms with Gasteiger partial charge in [-0.1, -0.05) is 12.1 Å². The van der Waals surface area contributed by atoms with E-state index in [2.05, 4.69) is 9.71 Å². The van der Waals surface area contributed by atoms with Crippen molar-refractivity contribution in [3.8, 4) is 0 Å². The minimum atomic E-state index is -3.65. The summed E-state index contributed by atoms with van der Waals surface area (Å²) in [6.07, 6.45) is 1.13. The van der Waals surface area contributed by atoms with Crippen LogP contribution < -0.4 is 5.32 Å². The highest BCUT2D eigenvalue weighted by molar-refractivity contribution is 7.90. The Balaban J connectivity index is 1.40. The van der Waals surface area contributed by atoms with E-state index in [9.17, 15) is 18.0 Å². The van der Waals surface area contributed by atoms with Crippen molar-refractivity contribution in [3.63, 3.8) is 0 Å². The Labute approximate surface area is 182 Å². The van der Waals surface area contributed by atoms with E-state index in [1.54, 1.807) is 45.0 Å². The van der Waals surface area contributed by atoms with E-state index in [4.69, 9.17) is 9.47 Å². The number of rotatable bonds is 5. The Kier molecular flexibility index (Phi) is 6.88. The van der Waals surface area contributed by atoms with Crippen molar-refractivity contribution >= 4 is 27.9 Å². The smallest absolute Gasteiger partial charge is 0.407 e. The molecule has 0 aromatic heterocycles. The van der Waals surface area contributed by atoms with Crippen LogP contribution in [0.4, 0.5) is 4.79 Å². The number of alkyl carbamates (subject to hydrolysis) is 1. The molecule has 2 aliphatic rings. The first-order chi connectivity index (χ1) is 14.6. The summed E-state index contributed by atoms with van der Waals surface area (Å²) in [4.78, 5) is 26.0. The fraction of sp³-hybridized carbons (Fsp3) is 0.571. The molecule has 0 atom stereocenters. The molecule has 1 aromatic rings. The Hall–Kier alpha value is -2.62. The molecule has 2 heterocycles. The van der Waals surface area contributed by atoms with Crippen LogP contribution in [-0.4, -0.2) is 63.1 Å². The first-order valence-electron chi connectivity index (χ1n) is 10.4. The number of likely N-dealkylation sites (tertiary alicyclic amines) is 1. The van der Waals surface area contributed by atoms with Crippen LogP contribution in [0.5, 0.6) is 0 Å². The van der Waals surface area contributed by atoms with Gasteiger partial charge in [-0.15, -0.1) is 4.40 Å². The van der Waals surface area contributed by atoms with Crippen LogP contribution in [0.25, 0.3) is 0 Å². The molecule has 0 saturated carbocycles. The predicted molar refractivity (Wildman–Crippen MR) is 114 cm³/mol. The minimum Gasteiger partial charge on any atom is -0.465 e. The van der Waals surface area contributed by atoms with Gasteiger partial charge in [-0.3, -0.25) is 4.79 Å². The molecule has 3 rings (SSSR count). The van der Waals surface area contributed by atoms with Crippen molar-refractivity contribution in [1.29, 1.82) is 0 Å². The van der Waals surface area contributed by atoms with E-state index >= 15 is 0 Å². The van der Waals surface area contributed by atoms with Crippen LogP contribution in [0.1, 0.15) is 45.6 Å². The van der Waals surface area contributed by atoms with Crippen molar-refractivity contribution in [2.75, 3.05) is 26.2 Å². The molecular formula is C21H29N3O6S. The Morgan fingerprint density at radius 3 is 2.55 bits per heavy atom. The number of sulfonamides is 1. The molecule has 0 bridgehead atoms. The molecule has 1 N–H and O–H groups in total. The number of esters is 1. The summed E-state index contributed by atoms with van der Waals surface area (Å²) in [5.41, 5.74) is 0.0582. The van der Waals surface area contributed by atoms with Crippen LogP contribution in [0.15, 0.2) is 33.6 Å². The van der Waals surface area contributed by atoms with E-state index in [1.165, 1.54) is 0 Å². The third-order valence-corrected chi connectivity index (χ3v) is 6.30. The van der Waals surface area contributed by atoms with Crippen LogP contribution >= 0.6 is 0 Å². The average Bonchev–Trinajstić information content (AvgIpc) is 2.98. The second kappa shape index (κ2) is 9.25. The molecule has 1 aromatic carbocycles. The fourth-order valence-corrected chi connectivity index (χ4v) is 4.74. The zero-order valence-corrected chi connectivity index (χ0v) is 18.9. The second-order valence-corrected chi connectivity index (χ2v) is 10.2. The van der Waals surface area contributed by atoms with Gasteiger partial charge in [0, 0.05) is 25.2 Å². The maximum atomic E-state index is 12.3. The van der Waals surface area contributed by atoms with E-state index in [0.717, 1.165) is 0 Å². The summed E-state index contributed by atoms with van der Waals surface area (Å²) in [6, 6.07) is 6.78. The minimum absolute atomic E-state index is 0.215. The number of amides is 1. The van der Waals surface area contributed by atoms with Gasteiger partial charge in [0.15, 0.2) is 5.84 Å². The topological polar surface area (TPSA) is 114 Å². The van der Waals surface area contributed by atoms with Crippen molar-refractivity contribution < 1.29 is 27.5 Å². The number of nitrogens with one attached hydrogen (secondary N) is 1. The second-order valence-electron chi connectivity index (χ2n) is 8.60. The lowest BCUT2D eigenvalue weighted by Gasteiger charge is -2.32. The zero-order valence-electron chi connectivity index (χ0n) is 18.1. The molecule has 10 heteroatoms. The van der Waals surface area contributed by atoms with Gasteiger partial charge >= 0.3 is 12.1 Å². The molecular weight excluding hydrogens is 422 g/mol. The highest BCUT2D eigenvalue weighted by atomic mass is 32.2. The molecule has 1 fully saturated rings. The van der Waals surface area contributed by atoms with Crippen LogP contribution in [0.2, 0.25) is 0 Å². The number of amidine groups is 1. The number of hydrogen-bond acceptors (Lipinski definition) is 7. The molecule has 9 nitrogen and oxygen atoms in total. The van der Waals surface area contributed by atoms with Crippen LogP contribution in [-0.2, 0) is 24.3 Å². The Morgan fingerprint density at radius 2 is 1.87 bits per heavy atom. The zero-order chi connectivity index (χ0) is 22.6. The van der Waals surface area contributed by atoms with E-state index in [0.29, 0.717) is 50.3 Å². The number of ether oxygens (including phenoxy) is 2. The van der Waals surface area contributed by atoms with Crippen molar-refractivity contribution in [2.45, 2.75) is 50.5 Å². The van der Waals surface area contributed by atoms with Gasteiger partial charge in [0.25, 0.3) is 10.0 Å². The van der Waals surface area contributed by atoms with Gasteiger partial charge in [0.1, 0.15) is 10.5 Å². The van der Waals surface area contributed by atoms with Gasteiger partial charge in [0.2, 0.25) is 0 Å². The third kappa shape index (κ3) is 5.96. The predicted octanol–water partition coefficient (Wildman–Crippen LogP) is 2.31. The molecule has 0 radical (unpaired) electrons. The molecule has 1 amide bonds. The van der Waals surface area contributed by atoms with E-state index < -0.39 is 21.7 Å². The Morgan fingerprint density at radius 1 is 1.19 bits per heavy atom. The number of fused-ring (bicyclic) bond motifs is 1. The Bertz CT molecular complexity index is 960. The summed E-state index contributed by atoms with van der Waals surface area (Å²) < 4.78 is 38.9. The highest BCUT2D eigenvalue weighted by Crippen LogP contribution is 2.29. The van der Waals surface area contributed by atoms with Crippen molar-refractivity contribution in [1.82, 2.24) is 10.2 Å². The molecule has 31 heavy (non-hydrogen) atoms. The van der Waals surface area contributed by atoms with Gasteiger partial charge < -0.3 is 19.7 Å². The van der Waals surface area contributed by atoms with E-state index in [1.807, 2.05) is 4.90 Å². The van der Waals surface area contributed by atoms with Gasteiger partial charge in [-0.2, -0.15) is 8.42 Å². The summed E-state index contributed by atoms with van der Waals surface area (Å²) in [7, 11) is -3.65. The monoisotopic (exact) mass is 451 g/mol. The number of piperidine rings is 1. The third-order valence-electron chi connectivity index (χ3n) is 4.97. The largest absolute Gasteiger partial charge is 0.465 e. The number of benzene rings is 1. The lowest BCUT2D eigenvalue weighted by molar-refractivity contribution is -0.149. The fourth-order valence-electron chi connectivity index (χ4n) is 3.51. The number of hydrogen-bond donors (Lipinski definition) is 1. The van der Waals surface area contributed by atoms with Gasteiger partial charge in [-0.05, 0) is 52.2 Å². The maximum Gasteiger partial charge on any atom is 0.407 e. The molecule has 0 spiro atoms. The number of carbonyl (C=O) groups excluding carboxylic acids is 2. The number of carbonyl (C=O) groups is 2. The summed E-state index contributed by atoms with van der Waals surface area (Å²) in [5.74, 6) is -0.0437. The summed E-state index contributed by atoms with van der Waals surface area (Å²) in [6.45, 7) is 7.00. The maximum absolute atomic E-state index is 12.3. The average molecular weight is 452 g/mol. The quantitative estimate of drug-likeness (QED) is 0.540. The summed E-state index contributed by atoms with van der Waals surface area (Å²) in [5, 5.41) is 2.62. The van der Waals surface area contributed by atoms with Crippen molar-refractivity contribution in [2.24, 2.45) is 10.3 Å². The summed E-state index contributed by atoms with van der Waals surface area (Å²) >= 11 is 0. The SMILES string of the molecule is CC(C)(C)OC(=O)NCCCOC(=O)C1CCN(C2=NS(=O)(=O)c3ccccc32)CC1. The van der Waals surface area contributed by atoms with Gasteiger partial charge in [-0.25, -0.2) is 4.79 Å². The molecule has 1 saturated heterocycles. The van der Waals surface area contributed by atoms with Crippen molar-refractivity contribution in [3.05, 3.63) is 29.8 Å². The first-order valence-corrected chi connectivity index (χ1v) is 11.8. The van der Waals surface area contributed by atoms with Crippen LogP contribution in [0, 0.1) is 5.92 Å². The van der Waals surface area contributed by atoms with E-state index in [-0.39, 0.29) is 23.4 Å². The molecule has 0 unspecified atom stereocenters. The molecule has 0 aliphatic carbocycles. The van der Waals surface area contributed by atoms with Gasteiger partial charge in [0.05, 0.1) is 12.5 Å². The first kappa shape index (κ1) is 23.1. The normalized spacial score (nSPS) is 18.2. The highest BCUT2D eigenvalue weighted by Gasteiger charge is 2.34. The molecule has 2 aliphatic heterocycles. The van der Waals surface area contributed by atoms with Crippen LogP contribution in [0.3, 0.4) is 0 Å². The lowest BCUT2D eigenvalue weighted by Crippen LogP contribution is -2.40. The standard InChI is InChI=1S/C21H29N3O6S/c1-21(2,3)30-20(26)22-11-6-14-29-19(25)15-9-12-24(13-10-15)18-16-7-4-5-8-17(16)31(27,28)23-18/h4-5,7-8,15H,6,9-14H2,1-3H3,(H,22,26). The lowest BCUT2D eigenvalue weighted by atomic mass is 9.96. The molecule has 170 valence electrons.